The standard InChI is InChI=1S/C23H29NO3/c1-6-24(7-2)15-19-13-20(22(26)14-23(19)27-5)21(25)11-10-18-9-8-16(3)12-17(18)4/h8-14,26H,6-7,15H2,1-5H3/b11-10+. The molecule has 0 aromatic heterocycles. The van der Waals surface area contributed by atoms with Gasteiger partial charge in [-0.1, -0.05) is 43.7 Å². The Morgan fingerprint density at radius 1 is 1.15 bits per heavy atom. The van der Waals surface area contributed by atoms with E-state index < -0.39 is 0 Å². The zero-order valence-electron chi connectivity index (χ0n) is 16.9. The molecule has 0 aliphatic rings. The molecule has 2 aromatic rings. The van der Waals surface area contributed by atoms with Crippen molar-refractivity contribution in [1.82, 2.24) is 4.90 Å². The lowest BCUT2D eigenvalue weighted by Crippen LogP contribution is -2.22. The monoisotopic (exact) mass is 367 g/mol. The van der Waals surface area contributed by atoms with Crippen molar-refractivity contribution in [3.8, 4) is 11.5 Å². The number of ether oxygens (including phenoxy) is 1. The van der Waals surface area contributed by atoms with Crippen molar-refractivity contribution in [2.45, 2.75) is 34.2 Å². The van der Waals surface area contributed by atoms with Gasteiger partial charge in [0.1, 0.15) is 11.5 Å². The Morgan fingerprint density at radius 2 is 1.85 bits per heavy atom. The first-order valence-corrected chi connectivity index (χ1v) is 9.31. The third kappa shape index (κ3) is 5.20. The van der Waals surface area contributed by atoms with E-state index in [-0.39, 0.29) is 11.5 Å². The molecule has 0 unspecified atom stereocenters. The fourth-order valence-corrected chi connectivity index (χ4v) is 3.08. The number of hydrogen-bond donors (Lipinski definition) is 1. The van der Waals surface area contributed by atoms with Gasteiger partial charge in [-0.15, -0.1) is 0 Å². The highest BCUT2D eigenvalue weighted by Crippen LogP contribution is 2.30. The highest BCUT2D eigenvalue weighted by Gasteiger charge is 2.16. The second kappa shape index (κ2) is 9.38. The summed E-state index contributed by atoms with van der Waals surface area (Å²) in [5.41, 5.74) is 4.47. The van der Waals surface area contributed by atoms with Crippen molar-refractivity contribution in [2.24, 2.45) is 0 Å². The number of carbonyl (C=O) groups excluding carboxylic acids is 1. The summed E-state index contributed by atoms with van der Waals surface area (Å²) in [7, 11) is 1.57. The lowest BCUT2D eigenvalue weighted by molar-refractivity contribution is 0.104. The van der Waals surface area contributed by atoms with Crippen LogP contribution in [-0.2, 0) is 6.54 Å². The molecule has 0 saturated carbocycles. The second-order valence-electron chi connectivity index (χ2n) is 6.70. The molecule has 0 atom stereocenters. The minimum Gasteiger partial charge on any atom is -0.507 e. The van der Waals surface area contributed by atoms with Gasteiger partial charge in [0.15, 0.2) is 5.78 Å². The van der Waals surface area contributed by atoms with Gasteiger partial charge >= 0.3 is 0 Å². The first kappa shape index (κ1) is 20.7. The Morgan fingerprint density at radius 3 is 2.44 bits per heavy atom. The van der Waals surface area contributed by atoms with E-state index in [2.05, 4.69) is 24.8 Å². The van der Waals surface area contributed by atoms with Gasteiger partial charge < -0.3 is 9.84 Å². The van der Waals surface area contributed by atoms with Gasteiger partial charge in [-0.25, -0.2) is 0 Å². The molecule has 2 rings (SSSR count). The molecular weight excluding hydrogens is 338 g/mol. The van der Waals surface area contributed by atoms with Gasteiger partial charge in [0.2, 0.25) is 0 Å². The topological polar surface area (TPSA) is 49.8 Å². The molecule has 27 heavy (non-hydrogen) atoms. The van der Waals surface area contributed by atoms with Crippen LogP contribution in [-0.4, -0.2) is 36.0 Å². The fourth-order valence-electron chi connectivity index (χ4n) is 3.08. The molecule has 0 aliphatic carbocycles. The molecule has 0 fully saturated rings. The molecule has 0 radical (unpaired) electrons. The number of ketones is 1. The molecular formula is C23H29NO3. The zero-order valence-corrected chi connectivity index (χ0v) is 16.9. The van der Waals surface area contributed by atoms with Gasteiger partial charge in [0.05, 0.1) is 12.7 Å². The van der Waals surface area contributed by atoms with Gasteiger partial charge in [-0.05, 0) is 50.2 Å². The normalized spacial score (nSPS) is 11.3. The van der Waals surface area contributed by atoms with Crippen LogP contribution < -0.4 is 4.74 Å². The molecule has 4 nitrogen and oxygen atoms in total. The Kier molecular flexibility index (Phi) is 7.19. The summed E-state index contributed by atoms with van der Waals surface area (Å²) in [6, 6.07) is 9.35. The maximum absolute atomic E-state index is 12.7. The van der Waals surface area contributed by atoms with Crippen molar-refractivity contribution < 1.29 is 14.6 Å². The van der Waals surface area contributed by atoms with E-state index >= 15 is 0 Å². The molecule has 0 heterocycles. The van der Waals surface area contributed by atoms with E-state index in [4.69, 9.17) is 4.74 Å². The Balaban J connectivity index is 2.33. The van der Waals surface area contributed by atoms with E-state index in [1.807, 2.05) is 26.0 Å². The minimum atomic E-state index is -0.226. The number of allylic oxidation sites excluding steroid dienone is 1. The Hall–Kier alpha value is -2.59. The summed E-state index contributed by atoms with van der Waals surface area (Å²) >= 11 is 0. The smallest absolute Gasteiger partial charge is 0.189 e. The quantitative estimate of drug-likeness (QED) is 0.540. The number of phenolic OH excluding ortho intramolecular Hbond substituents is 1. The number of rotatable bonds is 8. The van der Waals surface area contributed by atoms with Gasteiger partial charge in [0.25, 0.3) is 0 Å². The summed E-state index contributed by atoms with van der Waals surface area (Å²) in [6.07, 6.45) is 3.31. The van der Waals surface area contributed by atoms with Crippen LogP contribution in [0.2, 0.25) is 0 Å². The lowest BCUT2D eigenvalue weighted by Gasteiger charge is -2.20. The SMILES string of the molecule is CCN(CC)Cc1cc(C(=O)/C=C/c2ccc(C)cc2C)c(O)cc1OC. The minimum absolute atomic E-state index is 0.0644. The highest BCUT2D eigenvalue weighted by molar-refractivity contribution is 6.08. The van der Waals surface area contributed by atoms with E-state index in [0.29, 0.717) is 17.9 Å². The van der Waals surface area contributed by atoms with Crippen LogP contribution in [0.4, 0.5) is 0 Å². The molecule has 0 saturated heterocycles. The molecule has 1 N–H and O–H groups in total. The number of benzene rings is 2. The zero-order chi connectivity index (χ0) is 20.0. The first-order chi connectivity index (χ1) is 12.9. The van der Waals surface area contributed by atoms with Crippen molar-refractivity contribution in [3.63, 3.8) is 0 Å². The number of hydrogen-bond acceptors (Lipinski definition) is 4. The highest BCUT2D eigenvalue weighted by atomic mass is 16.5. The van der Waals surface area contributed by atoms with Crippen LogP contribution in [0.15, 0.2) is 36.4 Å². The Bertz CT molecular complexity index is 836. The summed E-state index contributed by atoms with van der Waals surface area (Å²) in [5, 5.41) is 10.3. The third-order valence-electron chi connectivity index (χ3n) is 4.79. The third-order valence-corrected chi connectivity index (χ3v) is 4.79. The van der Waals surface area contributed by atoms with Crippen molar-refractivity contribution in [3.05, 3.63) is 64.2 Å². The van der Waals surface area contributed by atoms with Crippen LogP contribution in [0.5, 0.6) is 11.5 Å². The lowest BCUT2D eigenvalue weighted by atomic mass is 10.0. The molecule has 4 heteroatoms. The van der Waals surface area contributed by atoms with E-state index in [9.17, 15) is 9.90 Å². The molecule has 2 aromatic carbocycles. The van der Waals surface area contributed by atoms with Crippen LogP contribution in [0.25, 0.3) is 6.08 Å². The van der Waals surface area contributed by atoms with E-state index in [0.717, 1.165) is 29.8 Å². The Labute approximate surface area is 162 Å². The summed E-state index contributed by atoms with van der Waals surface area (Å²) in [6.45, 7) is 10.7. The number of methoxy groups -OCH3 is 1. The van der Waals surface area contributed by atoms with Crippen molar-refractivity contribution in [2.75, 3.05) is 20.2 Å². The molecule has 0 spiro atoms. The number of aromatic hydroxyl groups is 1. The van der Waals surface area contributed by atoms with E-state index in [1.165, 1.54) is 17.7 Å². The average molecular weight is 367 g/mol. The molecule has 0 bridgehead atoms. The first-order valence-electron chi connectivity index (χ1n) is 9.31. The molecule has 0 aliphatic heterocycles. The fraction of sp³-hybridized carbons (Fsp3) is 0.348. The van der Waals surface area contributed by atoms with Crippen molar-refractivity contribution >= 4 is 11.9 Å². The maximum Gasteiger partial charge on any atom is 0.189 e. The number of carbonyl (C=O) groups is 1. The molecule has 0 amide bonds. The predicted octanol–water partition coefficient (Wildman–Crippen LogP) is 4.76. The number of aryl methyl sites for hydroxylation is 2. The van der Waals surface area contributed by atoms with Crippen LogP contribution >= 0.6 is 0 Å². The van der Waals surface area contributed by atoms with Crippen LogP contribution in [0.1, 0.15) is 46.5 Å². The largest absolute Gasteiger partial charge is 0.507 e. The van der Waals surface area contributed by atoms with Crippen molar-refractivity contribution in [1.29, 1.82) is 0 Å². The maximum atomic E-state index is 12.7. The molecule has 144 valence electrons. The van der Waals surface area contributed by atoms with Gasteiger partial charge in [-0.3, -0.25) is 9.69 Å². The summed E-state index contributed by atoms with van der Waals surface area (Å²) in [5.74, 6) is 0.302. The summed E-state index contributed by atoms with van der Waals surface area (Å²) < 4.78 is 5.39. The van der Waals surface area contributed by atoms with Crippen LogP contribution in [0.3, 0.4) is 0 Å². The summed E-state index contributed by atoms with van der Waals surface area (Å²) in [4.78, 5) is 14.9. The second-order valence-corrected chi connectivity index (χ2v) is 6.70. The number of phenols is 1. The van der Waals surface area contributed by atoms with E-state index in [1.54, 1.807) is 19.3 Å². The number of nitrogens with zero attached hydrogens (tertiary/aromatic N) is 1. The van der Waals surface area contributed by atoms with Gasteiger partial charge in [-0.2, -0.15) is 0 Å². The van der Waals surface area contributed by atoms with Crippen LogP contribution in [0, 0.1) is 13.8 Å². The average Bonchev–Trinajstić information content (AvgIpc) is 2.65. The predicted molar refractivity (Wildman–Crippen MR) is 111 cm³/mol. The van der Waals surface area contributed by atoms with Gasteiger partial charge in [0, 0.05) is 18.2 Å².